The predicted octanol–water partition coefficient (Wildman–Crippen LogP) is 10.6. The minimum absolute atomic E-state index is 0.756. The molecule has 7 aromatic rings. The van der Waals surface area contributed by atoms with Crippen LogP contribution in [0.4, 0.5) is 17.1 Å². The standard InChI is InChI=1S/C35H24IN3S/c36-23-32-37-30-21-18-26-22-31(24-10-4-1-5-11-24)40-35(26)33(30)34(38-32)25-16-19-29(20-17-25)39(27-12-6-2-7-13-27)28-14-8-3-9-15-28/h1-22H,23H2. The van der Waals surface area contributed by atoms with Crippen LogP contribution in [0.15, 0.2) is 133 Å². The van der Waals surface area contributed by atoms with Crippen molar-refractivity contribution in [2.45, 2.75) is 4.43 Å². The van der Waals surface area contributed by atoms with E-state index >= 15 is 0 Å². The van der Waals surface area contributed by atoms with Gasteiger partial charge < -0.3 is 4.90 Å². The molecule has 40 heavy (non-hydrogen) atoms. The molecule has 0 unspecified atom stereocenters. The average molecular weight is 646 g/mol. The second kappa shape index (κ2) is 10.8. The maximum Gasteiger partial charge on any atom is 0.139 e. The van der Waals surface area contributed by atoms with Crippen LogP contribution in [0.25, 0.3) is 42.7 Å². The highest BCUT2D eigenvalue weighted by Gasteiger charge is 2.17. The average Bonchev–Trinajstić information content (AvgIpc) is 3.47. The summed E-state index contributed by atoms with van der Waals surface area (Å²) in [4.78, 5) is 13.5. The summed E-state index contributed by atoms with van der Waals surface area (Å²) < 4.78 is 1.98. The van der Waals surface area contributed by atoms with Crippen LogP contribution in [0, 0.1) is 0 Å². The number of thiophene rings is 1. The Morgan fingerprint density at radius 2 is 1.20 bits per heavy atom. The van der Waals surface area contributed by atoms with Crippen molar-refractivity contribution in [1.29, 1.82) is 0 Å². The van der Waals surface area contributed by atoms with Gasteiger partial charge in [-0.15, -0.1) is 11.3 Å². The molecule has 0 saturated heterocycles. The highest BCUT2D eigenvalue weighted by atomic mass is 127. The van der Waals surface area contributed by atoms with Crippen molar-refractivity contribution in [2.24, 2.45) is 0 Å². The van der Waals surface area contributed by atoms with Gasteiger partial charge in [0.15, 0.2) is 0 Å². The van der Waals surface area contributed by atoms with Gasteiger partial charge in [-0.25, -0.2) is 9.97 Å². The molecule has 0 atom stereocenters. The lowest BCUT2D eigenvalue weighted by Gasteiger charge is -2.25. The van der Waals surface area contributed by atoms with Crippen molar-refractivity contribution in [2.75, 3.05) is 4.90 Å². The van der Waals surface area contributed by atoms with Crippen LogP contribution in [0.1, 0.15) is 5.82 Å². The van der Waals surface area contributed by atoms with Gasteiger partial charge in [-0.2, -0.15) is 0 Å². The van der Waals surface area contributed by atoms with E-state index in [9.17, 15) is 0 Å². The third kappa shape index (κ3) is 4.65. The van der Waals surface area contributed by atoms with Gasteiger partial charge in [0.25, 0.3) is 0 Å². The van der Waals surface area contributed by atoms with E-state index in [0.29, 0.717) is 0 Å². The van der Waals surface area contributed by atoms with Gasteiger partial charge in [-0.05, 0) is 59.5 Å². The van der Waals surface area contributed by atoms with Crippen molar-refractivity contribution in [3.8, 4) is 21.7 Å². The fraction of sp³-hybridized carbons (Fsp3) is 0.0286. The first-order valence-electron chi connectivity index (χ1n) is 13.1. The largest absolute Gasteiger partial charge is 0.311 e. The first-order chi connectivity index (χ1) is 19.8. The fourth-order valence-electron chi connectivity index (χ4n) is 5.15. The zero-order valence-electron chi connectivity index (χ0n) is 21.5. The minimum Gasteiger partial charge on any atom is -0.311 e. The van der Waals surface area contributed by atoms with Crippen molar-refractivity contribution >= 4 is 72.0 Å². The molecule has 0 saturated carbocycles. The predicted molar refractivity (Wildman–Crippen MR) is 178 cm³/mol. The molecule has 0 bridgehead atoms. The van der Waals surface area contributed by atoms with Gasteiger partial charge in [0.1, 0.15) is 5.82 Å². The Morgan fingerprint density at radius 3 is 1.82 bits per heavy atom. The lowest BCUT2D eigenvalue weighted by molar-refractivity contribution is 1.09. The Kier molecular flexibility index (Phi) is 6.75. The van der Waals surface area contributed by atoms with E-state index < -0.39 is 0 Å². The molecule has 3 nitrogen and oxygen atoms in total. The number of alkyl halides is 1. The zero-order valence-corrected chi connectivity index (χ0v) is 24.5. The van der Waals surface area contributed by atoms with Gasteiger partial charge >= 0.3 is 0 Å². The summed E-state index contributed by atoms with van der Waals surface area (Å²) in [6, 6.07) is 46.9. The summed E-state index contributed by atoms with van der Waals surface area (Å²) in [6.45, 7) is 0. The molecule has 0 aliphatic heterocycles. The molecular weight excluding hydrogens is 621 g/mol. The Hall–Kier alpha value is -4.07. The summed E-state index contributed by atoms with van der Waals surface area (Å²) in [5, 5.41) is 2.34. The highest BCUT2D eigenvalue weighted by molar-refractivity contribution is 14.1. The molecule has 192 valence electrons. The van der Waals surface area contributed by atoms with Crippen LogP contribution in [-0.2, 0) is 4.43 Å². The Bertz CT molecular complexity index is 1880. The molecule has 0 amide bonds. The maximum absolute atomic E-state index is 5.09. The Balaban J connectivity index is 1.38. The number of hydrogen-bond donors (Lipinski definition) is 0. The fourth-order valence-corrected chi connectivity index (χ4v) is 6.70. The smallest absolute Gasteiger partial charge is 0.139 e. The lowest BCUT2D eigenvalue weighted by Crippen LogP contribution is -2.09. The minimum atomic E-state index is 0.756. The van der Waals surface area contributed by atoms with Crippen LogP contribution in [0.2, 0.25) is 0 Å². The third-order valence-electron chi connectivity index (χ3n) is 7.00. The quantitative estimate of drug-likeness (QED) is 0.133. The van der Waals surface area contributed by atoms with Crippen LogP contribution < -0.4 is 4.90 Å². The number of hydrogen-bond acceptors (Lipinski definition) is 4. The van der Waals surface area contributed by atoms with E-state index in [4.69, 9.17) is 9.97 Å². The van der Waals surface area contributed by atoms with Crippen molar-refractivity contribution in [3.05, 3.63) is 139 Å². The maximum atomic E-state index is 5.09. The van der Waals surface area contributed by atoms with Crippen LogP contribution in [0.5, 0.6) is 0 Å². The van der Waals surface area contributed by atoms with Crippen molar-refractivity contribution < 1.29 is 0 Å². The van der Waals surface area contributed by atoms with Crippen molar-refractivity contribution in [1.82, 2.24) is 9.97 Å². The molecule has 5 heteroatoms. The molecule has 5 aromatic carbocycles. The van der Waals surface area contributed by atoms with E-state index in [2.05, 4.69) is 161 Å². The summed E-state index contributed by atoms with van der Waals surface area (Å²) in [5.74, 6) is 0.849. The number of aromatic nitrogens is 2. The molecule has 0 spiro atoms. The number of benzene rings is 5. The summed E-state index contributed by atoms with van der Waals surface area (Å²) in [6.07, 6.45) is 0. The number of anilines is 3. The van der Waals surface area contributed by atoms with Crippen LogP contribution in [0.3, 0.4) is 0 Å². The molecule has 0 aliphatic carbocycles. The summed E-state index contributed by atoms with van der Waals surface area (Å²) in [5.41, 5.74) is 7.64. The van der Waals surface area contributed by atoms with Gasteiger partial charge in [-0.1, -0.05) is 108 Å². The second-order valence-electron chi connectivity index (χ2n) is 9.53. The molecule has 2 aromatic heterocycles. The van der Waals surface area contributed by atoms with E-state index in [0.717, 1.165) is 49.5 Å². The zero-order chi connectivity index (χ0) is 26.9. The molecule has 0 aliphatic rings. The molecular formula is C35H24IN3S. The first kappa shape index (κ1) is 24.9. The number of nitrogens with zero attached hydrogens (tertiary/aromatic N) is 3. The summed E-state index contributed by atoms with van der Waals surface area (Å²) >= 11 is 4.16. The van der Waals surface area contributed by atoms with Gasteiger partial charge in [0.2, 0.25) is 0 Å². The summed E-state index contributed by atoms with van der Waals surface area (Å²) in [7, 11) is 0. The van der Waals surface area contributed by atoms with Gasteiger partial charge in [0, 0.05) is 37.6 Å². The van der Waals surface area contributed by atoms with E-state index in [1.807, 2.05) is 11.3 Å². The topological polar surface area (TPSA) is 29.0 Å². The SMILES string of the molecule is ICc1nc(-c2ccc(N(c3ccccc3)c3ccccc3)cc2)c2c(ccc3cc(-c4ccccc4)sc32)n1. The third-order valence-corrected chi connectivity index (χ3v) is 8.90. The van der Waals surface area contributed by atoms with E-state index in [1.165, 1.54) is 20.5 Å². The Morgan fingerprint density at radius 1 is 0.600 bits per heavy atom. The number of fused-ring (bicyclic) bond motifs is 3. The van der Waals surface area contributed by atoms with Crippen molar-refractivity contribution in [3.63, 3.8) is 0 Å². The molecule has 0 N–H and O–H groups in total. The van der Waals surface area contributed by atoms with E-state index in [1.54, 1.807) is 0 Å². The monoisotopic (exact) mass is 645 g/mol. The van der Waals surface area contributed by atoms with Gasteiger partial charge in [-0.3, -0.25) is 0 Å². The molecule has 0 fully saturated rings. The number of rotatable bonds is 6. The van der Waals surface area contributed by atoms with Crippen LogP contribution in [-0.4, -0.2) is 9.97 Å². The lowest BCUT2D eigenvalue weighted by atomic mass is 10.0. The Labute approximate surface area is 250 Å². The van der Waals surface area contributed by atoms with E-state index in [-0.39, 0.29) is 0 Å². The number of halogens is 1. The molecule has 2 heterocycles. The number of para-hydroxylation sites is 2. The molecule has 7 rings (SSSR count). The molecule has 0 radical (unpaired) electrons. The normalized spacial score (nSPS) is 11.2. The van der Waals surface area contributed by atoms with Crippen LogP contribution >= 0.6 is 33.9 Å². The first-order valence-corrected chi connectivity index (χ1v) is 15.5. The highest BCUT2D eigenvalue weighted by Crippen LogP contribution is 2.41. The van der Waals surface area contributed by atoms with Gasteiger partial charge in [0.05, 0.1) is 15.6 Å². The second-order valence-corrected chi connectivity index (χ2v) is 11.3.